The molecular weight excluding hydrogens is 220 g/mol. The number of sulfonamides is 1. The highest BCUT2D eigenvalue weighted by molar-refractivity contribution is 7.92. The average Bonchev–Trinajstić information content (AvgIpc) is 2.51. The van der Waals surface area contributed by atoms with Crippen LogP contribution in [0.1, 0.15) is 25.7 Å². The standard InChI is InChI=1S/C8H16N2O2S2/c1-10(7-4-2-3-5-7)14(11,12)6-8(9)13/h7H,2-6H2,1H3,(H2,9,13). The number of nitrogens with zero attached hydrogens (tertiary/aromatic N) is 1. The van der Waals surface area contributed by atoms with E-state index in [9.17, 15) is 8.42 Å². The van der Waals surface area contributed by atoms with Gasteiger partial charge in [-0.2, -0.15) is 0 Å². The van der Waals surface area contributed by atoms with Crippen LogP contribution in [0.3, 0.4) is 0 Å². The Bertz CT molecular complexity index is 307. The zero-order valence-corrected chi connectivity index (χ0v) is 9.90. The molecule has 1 fully saturated rings. The Labute approximate surface area is 90.5 Å². The van der Waals surface area contributed by atoms with Crippen LogP contribution in [0.5, 0.6) is 0 Å². The van der Waals surface area contributed by atoms with Gasteiger partial charge in [-0.15, -0.1) is 0 Å². The van der Waals surface area contributed by atoms with E-state index in [0.29, 0.717) is 0 Å². The Morgan fingerprint density at radius 3 is 2.43 bits per heavy atom. The first-order valence-electron chi connectivity index (χ1n) is 4.67. The molecule has 0 aromatic carbocycles. The lowest BCUT2D eigenvalue weighted by atomic mass is 10.3. The van der Waals surface area contributed by atoms with Crippen LogP contribution in [0.25, 0.3) is 0 Å². The Morgan fingerprint density at radius 2 is 2.00 bits per heavy atom. The van der Waals surface area contributed by atoms with E-state index in [1.54, 1.807) is 7.05 Å². The molecule has 0 saturated heterocycles. The zero-order chi connectivity index (χ0) is 10.8. The van der Waals surface area contributed by atoms with Crippen LogP contribution in [-0.4, -0.2) is 36.6 Å². The zero-order valence-electron chi connectivity index (χ0n) is 8.27. The van der Waals surface area contributed by atoms with Gasteiger partial charge in [-0.1, -0.05) is 25.1 Å². The summed E-state index contributed by atoms with van der Waals surface area (Å²) in [5.41, 5.74) is 5.24. The summed E-state index contributed by atoms with van der Waals surface area (Å²) in [6, 6.07) is 0.148. The van der Waals surface area contributed by atoms with E-state index in [2.05, 4.69) is 12.2 Å². The van der Waals surface area contributed by atoms with Crippen molar-refractivity contribution >= 4 is 27.2 Å². The fraction of sp³-hybridized carbons (Fsp3) is 0.875. The minimum absolute atomic E-state index is 0.0369. The average molecular weight is 236 g/mol. The van der Waals surface area contributed by atoms with Crippen molar-refractivity contribution in [3.05, 3.63) is 0 Å². The number of nitrogens with two attached hydrogens (primary N) is 1. The van der Waals surface area contributed by atoms with Crippen LogP contribution >= 0.6 is 12.2 Å². The second-order valence-electron chi connectivity index (χ2n) is 3.68. The van der Waals surface area contributed by atoms with Crippen molar-refractivity contribution in [1.29, 1.82) is 0 Å². The smallest absolute Gasteiger partial charge is 0.220 e. The largest absolute Gasteiger partial charge is 0.392 e. The van der Waals surface area contributed by atoms with Crippen LogP contribution in [0, 0.1) is 0 Å². The van der Waals surface area contributed by atoms with Gasteiger partial charge in [-0.05, 0) is 12.8 Å². The minimum atomic E-state index is -3.28. The van der Waals surface area contributed by atoms with Crippen LogP contribution < -0.4 is 5.73 Å². The molecule has 2 N–H and O–H groups in total. The van der Waals surface area contributed by atoms with Gasteiger partial charge in [0, 0.05) is 13.1 Å². The summed E-state index contributed by atoms with van der Waals surface area (Å²) in [5.74, 6) is -0.213. The highest BCUT2D eigenvalue weighted by Crippen LogP contribution is 2.24. The molecule has 0 amide bonds. The molecule has 0 atom stereocenters. The Kier molecular flexibility index (Phi) is 3.86. The van der Waals surface area contributed by atoms with Gasteiger partial charge in [0.1, 0.15) is 5.75 Å². The molecule has 0 bridgehead atoms. The molecule has 0 aromatic rings. The van der Waals surface area contributed by atoms with Crippen molar-refractivity contribution in [1.82, 2.24) is 4.31 Å². The molecule has 0 aromatic heterocycles. The highest BCUT2D eigenvalue weighted by Gasteiger charge is 2.28. The van der Waals surface area contributed by atoms with Crippen molar-refractivity contribution in [2.45, 2.75) is 31.7 Å². The maximum absolute atomic E-state index is 11.7. The molecular formula is C8H16N2O2S2. The third kappa shape index (κ3) is 2.90. The molecule has 82 valence electrons. The fourth-order valence-corrected chi connectivity index (χ4v) is 3.45. The second-order valence-corrected chi connectivity index (χ2v) is 6.23. The molecule has 6 heteroatoms. The lowest BCUT2D eigenvalue weighted by molar-refractivity contribution is 0.375. The first-order chi connectivity index (χ1) is 6.43. The maximum atomic E-state index is 11.7. The molecule has 0 spiro atoms. The van der Waals surface area contributed by atoms with Gasteiger partial charge < -0.3 is 5.73 Å². The van der Waals surface area contributed by atoms with Crippen molar-refractivity contribution in [2.24, 2.45) is 5.73 Å². The van der Waals surface area contributed by atoms with Gasteiger partial charge in [-0.3, -0.25) is 0 Å². The quantitative estimate of drug-likeness (QED) is 0.721. The van der Waals surface area contributed by atoms with E-state index in [-0.39, 0.29) is 16.8 Å². The van der Waals surface area contributed by atoms with Crippen LogP contribution in [0.2, 0.25) is 0 Å². The molecule has 1 aliphatic carbocycles. The van der Waals surface area contributed by atoms with E-state index in [1.807, 2.05) is 0 Å². The minimum Gasteiger partial charge on any atom is -0.392 e. The third-order valence-corrected chi connectivity index (χ3v) is 4.78. The van der Waals surface area contributed by atoms with Gasteiger partial charge in [0.25, 0.3) is 0 Å². The summed E-state index contributed by atoms with van der Waals surface area (Å²) in [4.78, 5) is 0.0369. The van der Waals surface area contributed by atoms with Crippen molar-refractivity contribution in [2.75, 3.05) is 12.8 Å². The normalized spacial score (nSPS) is 19.0. The SMILES string of the molecule is CN(C1CCCC1)S(=O)(=O)CC(N)=S. The van der Waals surface area contributed by atoms with Gasteiger partial charge >= 0.3 is 0 Å². The molecule has 14 heavy (non-hydrogen) atoms. The van der Waals surface area contributed by atoms with Crippen molar-refractivity contribution in [3.63, 3.8) is 0 Å². The molecule has 1 saturated carbocycles. The first-order valence-corrected chi connectivity index (χ1v) is 6.69. The second kappa shape index (κ2) is 4.55. The predicted octanol–water partition coefficient (Wildman–Crippen LogP) is 0.477. The van der Waals surface area contributed by atoms with Crippen LogP contribution in [0.15, 0.2) is 0 Å². The van der Waals surface area contributed by atoms with Gasteiger partial charge in [0.15, 0.2) is 0 Å². The predicted molar refractivity (Wildman–Crippen MR) is 60.6 cm³/mol. The molecule has 1 aliphatic rings. The van der Waals surface area contributed by atoms with Gasteiger partial charge in [0.2, 0.25) is 10.0 Å². The highest BCUT2D eigenvalue weighted by atomic mass is 32.2. The number of hydrogen-bond acceptors (Lipinski definition) is 3. The maximum Gasteiger partial charge on any atom is 0.220 e. The summed E-state index contributed by atoms with van der Waals surface area (Å²) in [5, 5.41) is 0. The first kappa shape index (κ1) is 11.9. The molecule has 0 unspecified atom stereocenters. The Balaban J connectivity index is 2.66. The van der Waals surface area contributed by atoms with E-state index in [4.69, 9.17) is 5.73 Å². The lowest BCUT2D eigenvalue weighted by Crippen LogP contribution is -2.39. The van der Waals surface area contributed by atoms with Crippen molar-refractivity contribution < 1.29 is 8.42 Å². The third-order valence-electron chi connectivity index (χ3n) is 2.60. The Morgan fingerprint density at radius 1 is 1.50 bits per heavy atom. The topological polar surface area (TPSA) is 63.4 Å². The number of rotatable bonds is 4. The molecule has 0 heterocycles. The van der Waals surface area contributed by atoms with E-state index in [1.165, 1.54) is 4.31 Å². The molecule has 0 radical (unpaired) electrons. The molecule has 4 nitrogen and oxygen atoms in total. The van der Waals surface area contributed by atoms with Crippen LogP contribution in [0.4, 0.5) is 0 Å². The van der Waals surface area contributed by atoms with Crippen molar-refractivity contribution in [3.8, 4) is 0 Å². The monoisotopic (exact) mass is 236 g/mol. The summed E-state index contributed by atoms with van der Waals surface area (Å²) in [7, 11) is -1.66. The number of thiocarbonyl (C=S) groups is 1. The summed E-state index contributed by atoms with van der Waals surface area (Å²) in [6.07, 6.45) is 4.12. The summed E-state index contributed by atoms with van der Waals surface area (Å²) >= 11 is 4.61. The lowest BCUT2D eigenvalue weighted by Gasteiger charge is -2.23. The fourth-order valence-electron chi connectivity index (χ4n) is 1.78. The molecule has 1 rings (SSSR count). The van der Waals surface area contributed by atoms with E-state index >= 15 is 0 Å². The van der Waals surface area contributed by atoms with E-state index < -0.39 is 10.0 Å². The number of hydrogen-bond donors (Lipinski definition) is 1. The Hall–Kier alpha value is -0.200. The summed E-state index contributed by atoms with van der Waals surface area (Å²) in [6.45, 7) is 0. The van der Waals surface area contributed by atoms with Crippen LogP contribution in [-0.2, 0) is 10.0 Å². The van der Waals surface area contributed by atoms with E-state index in [0.717, 1.165) is 25.7 Å². The summed E-state index contributed by atoms with van der Waals surface area (Å²) < 4.78 is 24.8. The van der Waals surface area contributed by atoms with Gasteiger partial charge in [-0.25, -0.2) is 12.7 Å². The molecule has 0 aliphatic heterocycles. The van der Waals surface area contributed by atoms with Gasteiger partial charge in [0.05, 0.1) is 4.99 Å².